The second-order valence-electron chi connectivity index (χ2n) is 6.32. The van der Waals surface area contributed by atoms with E-state index >= 15 is 0 Å². The lowest BCUT2D eigenvalue weighted by Crippen LogP contribution is -2.58. The third kappa shape index (κ3) is 3.19. The summed E-state index contributed by atoms with van der Waals surface area (Å²) in [4.78, 5) is 12.8. The lowest BCUT2D eigenvalue weighted by atomic mass is 10.0. The van der Waals surface area contributed by atoms with Crippen molar-refractivity contribution in [2.24, 2.45) is 0 Å². The van der Waals surface area contributed by atoms with Gasteiger partial charge in [0.2, 0.25) is 6.39 Å². The highest BCUT2D eigenvalue weighted by Gasteiger charge is 2.46. The molecule has 8 nitrogen and oxygen atoms in total. The van der Waals surface area contributed by atoms with Crippen LogP contribution in [0.1, 0.15) is 11.5 Å². The largest absolute Gasteiger partial charge is 0.343 e. The van der Waals surface area contributed by atoms with E-state index < -0.39 is 9.84 Å². The number of rotatable bonds is 4. The minimum Gasteiger partial charge on any atom is -0.343 e. The topological polar surface area (TPSA) is 92.4 Å². The Morgan fingerprint density at radius 3 is 2.46 bits per heavy atom. The van der Waals surface area contributed by atoms with Gasteiger partial charge in [-0.3, -0.25) is 14.8 Å². The van der Waals surface area contributed by atoms with Crippen LogP contribution >= 0.6 is 0 Å². The van der Waals surface area contributed by atoms with Gasteiger partial charge in [0.05, 0.1) is 23.7 Å². The fourth-order valence-electron chi connectivity index (χ4n) is 3.63. The van der Waals surface area contributed by atoms with Gasteiger partial charge in [0.25, 0.3) is 0 Å². The molecule has 2 saturated heterocycles. The first-order valence-electron chi connectivity index (χ1n) is 7.94. The predicted molar refractivity (Wildman–Crippen MR) is 85.6 cm³/mol. The van der Waals surface area contributed by atoms with Gasteiger partial charge in [-0.15, -0.1) is 0 Å². The van der Waals surface area contributed by atoms with Crippen LogP contribution in [0.5, 0.6) is 0 Å². The van der Waals surface area contributed by atoms with Crippen LogP contribution in [-0.2, 0) is 22.9 Å². The molecule has 4 heterocycles. The van der Waals surface area contributed by atoms with Gasteiger partial charge in [-0.25, -0.2) is 8.42 Å². The average molecular weight is 349 g/mol. The molecule has 128 valence electrons. The third-order valence-corrected chi connectivity index (χ3v) is 6.45. The zero-order chi connectivity index (χ0) is 16.6. The molecule has 2 aliphatic heterocycles. The molecule has 4 rings (SSSR count). The van der Waals surface area contributed by atoms with Gasteiger partial charge >= 0.3 is 0 Å². The summed E-state index contributed by atoms with van der Waals surface area (Å²) in [5.74, 6) is 0.984. The molecular weight excluding hydrogens is 330 g/mol. The molecule has 0 aliphatic carbocycles. The molecule has 0 N–H and O–H groups in total. The summed E-state index contributed by atoms with van der Waals surface area (Å²) in [7, 11) is -3.03. The van der Waals surface area contributed by atoms with Crippen LogP contribution in [0.25, 0.3) is 0 Å². The van der Waals surface area contributed by atoms with Crippen LogP contribution in [0.2, 0.25) is 0 Å². The Bertz CT molecular complexity index is 781. The van der Waals surface area contributed by atoms with Crippen LogP contribution in [-0.4, -0.2) is 70.0 Å². The van der Waals surface area contributed by atoms with Crippen molar-refractivity contribution in [2.75, 3.05) is 24.6 Å². The Morgan fingerprint density at radius 2 is 1.83 bits per heavy atom. The molecule has 24 heavy (non-hydrogen) atoms. The van der Waals surface area contributed by atoms with Gasteiger partial charge < -0.3 is 4.52 Å². The molecule has 2 aliphatic rings. The van der Waals surface area contributed by atoms with Crippen molar-refractivity contribution in [1.29, 1.82) is 0 Å². The number of hydrogen-bond acceptors (Lipinski definition) is 8. The highest BCUT2D eigenvalue weighted by molar-refractivity contribution is 7.91. The van der Waals surface area contributed by atoms with Crippen molar-refractivity contribution < 1.29 is 12.9 Å². The molecule has 2 aromatic heterocycles. The van der Waals surface area contributed by atoms with E-state index in [0.717, 1.165) is 18.8 Å². The van der Waals surface area contributed by atoms with Gasteiger partial charge in [-0.1, -0.05) is 11.2 Å². The summed E-state index contributed by atoms with van der Waals surface area (Å²) in [6, 6.07) is 5.76. The Labute approximate surface area is 140 Å². The van der Waals surface area contributed by atoms with E-state index in [1.165, 1.54) is 6.39 Å². The molecule has 2 fully saturated rings. The summed E-state index contributed by atoms with van der Waals surface area (Å²) in [5.41, 5.74) is 0.965. The number of aromatic nitrogens is 3. The minimum atomic E-state index is -3.03. The third-order valence-electron chi connectivity index (χ3n) is 4.75. The highest BCUT2D eigenvalue weighted by Crippen LogP contribution is 2.28. The number of fused-ring (bicyclic) bond motifs is 1. The van der Waals surface area contributed by atoms with Crippen LogP contribution < -0.4 is 0 Å². The number of hydrogen-bond donors (Lipinski definition) is 0. The molecule has 0 aromatic carbocycles. The molecular formula is C15H19N5O3S. The summed E-state index contributed by atoms with van der Waals surface area (Å²) >= 11 is 0. The first kappa shape index (κ1) is 15.7. The summed E-state index contributed by atoms with van der Waals surface area (Å²) in [6.07, 6.45) is 3.07. The maximum Gasteiger partial charge on any atom is 0.213 e. The lowest BCUT2D eigenvalue weighted by molar-refractivity contribution is 0.0329. The normalized spacial score (nSPS) is 27.2. The Balaban J connectivity index is 1.53. The number of sulfone groups is 1. The SMILES string of the molecule is O=S1(=O)C[C@@H]2[C@H](C1)N(Cc1ncon1)CCN2Cc1ccccn1. The van der Waals surface area contributed by atoms with Crippen LogP contribution in [0, 0.1) is 0 Å². The monoisotopic (exact) mass is 349 g/mol. The van der Waals surface area contributed by atoms with E-state index in [1.54, 1.807) is 6.20 Å². The Morgan fingerprint density at radius 1 is 1.08 bits per heavy atom. The van der Waals surface area contributed by atoms with E-state index in [-0.39, 0.29) is 23.6 Å². The average Bonchev–Trinajstić information content (AvgIpc) is 3.17. The van der Waals surface area contributed by atoms with E-state index in [0.29, 0.717) is 18.9 Å². The van der Waals surface area contributed by atoms with Crippen LogP contribution in [0.4, 0.5) is 0 Å². The van der Waals surface area contributed by atoms with Gasteiger partial charge in [0.1, 0.15) is 0 Å². The molecule has 0 saturated carbocycles. The second-order valence-corrected chi connectivity index (χ2v) is 8.47. The quantitative estimate of drug-likeness (QED) is 0.758. The van der Waals surface area contributed by atoms with Gasteiger partial charge in [0.15, 0.2) is 15.7 Å². The van der Waals surface area contributed by atoms with Crippen molar-refractivity contribution in [3.63, 3.8) is 0 Å². The van der Waals surface area contributed by atoms with E-state index in [4.69, 9.17) is 4.52 Å². The van der Waals surface area contributed by atoms with Gasteiger partial charge in [0, 0.05) is 37.9 Å². The predicted octanol–water partition coefficient (Wildman–Crippen LogP) is -0.0520. The van der Waals surface area contributed by atoms with Crippen molar-refractivity contribution in [2.45, 2.75) is 25.2 Å². The van der Waals surface area contributed by atoms with E-state index in [1.807, 2.05) is 18.2 Å². The summed E-state index contributed by atoms with van der Waals surface area (Å²) in [6.45, 7) is 2.77. The highest BCUT2D eigenvalue weighted by atomic mass is 32.2. The second kappa shape index (κ2) is 6.23. The summed E-state index contributed by atoms with van der Waals surface area (Å²) < 4.78 is 29.2. The smallest absolute Gasteiger partial charge is 0.213 e. The summed E-state index contributed by atoms with van der Waals surface area (Å²) in [5, 5.41) is 3.85. The molecule has 0 bridgehead atoms. The molecule has 2 aromatic rings. The fraction of sp³-hybridized carbons (Fsp3) is 0.533. The van der Waals surface area contributed by atoms with Gasteiger partial charge in [-0.2, -0.15) is 4.98 Å². The van der Waals surface area contributed by atoms with Gasteiger partial charge in [-0.05, 0) is 12.1 Å². The van der Waals surface area contributed by atoms with Crippen molar-refractivity contribution in [3.8, 4) is 0 Å². The number of nitrogens with zero attached hydrogens (tertiary/aromatic N) is 5. The van der Waals surface area contributed by atoms with Crippen LogP contribution in [0.3, 0.4) is 0 Å². The van der Waals surface area contributed by atoms with E-state index in [9.17, 15) is 8.42 Å². The zero-order valence-corrected chi connectivity index (χ0v) is 14.0. The van der Waals surface area contributed by atoms with Crippen molar-refractivity contribution >= 4 is 9.84 Å². The molecule has 0 spiro atoms. The molecule has 9 heteroatoms. The van der Waals surface area contributed by atoms with Crippen molar-refractivity contribution in [3.05, 3.63) is 42.3 Å². The fourth-order valence-corrected chi connectivity index (χ4v) is 5.68. The maximum absolute atomic E-state index is 12.2. The van der Waals surface area contributed by atoms with Crippen molar-refractivity contribution in [1.82, 2.24) is 24.9 Å². The molecule has 0 amide bonds. The first-order chi connectivity index (χ1) is 11.6. The Kier molecular flexibility index (Phi) is 4.07. The maximum atomic E-state index is 12.2. The molecule has 0 unspecified atom stereocenters. The van der Waals surface area contributed by atoms with Crippen LogP contribution in [0.15, 0.2) is 35.3 Å². The zero-order valence-electron chi connectivity index (χ0n) is 13.2. The molecule has 2 atom stereocenters. The molecule has 0 radical (unpaired) electrons. The number of piperazine rings is 1. The van der Waals surface area contributed by atoms with E-state index in [2.05, 4.69) is 24.9 Å². The minimum absolute atomic E-state index is 0.0161. The standard InChI is InChI=1S/C15H19N5O3S/c21-24(22)9-13-14(10-24)20(8-15-17-11-23-18-15)6-5-19(13)7-12-3-1-2-4-16-12/h1-4,11,13-14H,5-10H2/t13-,14+/m1/s1. The lowest BCUT2D eigenvalue weighted by Gasteiger charge is -2.43. The Hall–Kier alpha value is -1.84. The number of pyridine rings is 1. The first-order valence-corrected chi connectivity index (χ1v) is 9.76.